The number of methoxy groups -OCH3 is 1. The Hall–Kier alpha value is -4.30. The third-order valence-electron chi connectivity index (χ3n) is 6.08. The van der Waals surface area contributed by atoms with Gasteiger partial charge in [-0.05, 0) is 54.1 Å². The number of benzene rings is 3. The number of hydrogen-bond donors (Lipinski definition) is 0. The lowest BCUT2D eigenvalue weighted by Crippen LogP contribution is -2.19. The molecule has 3 aromatic carbocycles. The maximum absolute atomic E-state index is 14.1. The predicted molar refractivity (Wildman–Crippen MR) is 140 cm³/mol. The molecule has 0 aliphatic heterocycles. The summed E-state index contributed by atoms with van der Waals surface area (Å²) in [5, 5.41) is 0.987. The molecule has 2 heterocycles. The number of carbonyl (C=O) groups excluding carboxylic acids is 1. The maximum Gasteiger partial charge on any atom is 0.196 e. The molecule has 0 bridgehead atoms. The van der Waals surface area contributed by atoms with E-state index in [1.807, 2.05) is 48.5 Å². The van der Waals surface area contributed by atoms with Crippen LogP contribution in [0.5, 0.6) is 5.75 Å². The maximum atomic E-state index is 14.1. The lowest BCUT2D eigenvalue weighted by molar-refractivity contribution is 0.101. The molecule has 2 aromatic heterocycles. The third-order valence-corrected chi connectivity index (χ3v) is 7.73. The average Bonchev–Trinajstić information content (AvgIpc) is 3.26. The highest BCUT2D eigenvalue weighted by Crippen LogP contribution is 2.31. The van der Waals surface area contributed by atoms with Crippen molar-refractivity contribution in [2.75, 3.05) is 12.9 Å². The minimum absolute atomic E-state index is 0.0109. The van der Waals surface area contributed by atoms with E-state index in [9.17, 15) is 17.6 Å². The van der Waals surface area contributed by atoms with Crippen molar-refractivity contribution in [2.45, 2.75) is 11.4 Å². The topological polar surface area (TPSA) is 78.3 Å². The number of hydrogen-bond acceptors (Lipinski definition) is 5. The Balaban J connectivity index is 1.49. The van der Waals surface area contributed by atoms with Gasteiger partial charge in [-0.25, -0.2) is 17.8 Å². The highest BCUT2D eigenvalue weighted by Gasteiger charge is 2.24. The van der Waals surface area contributed by atoms with Crippen LogP contribution in [0.4, 0.5) is 4.39 Å². The van der Waals surface area contributed by atoms with Crippen molar-refractivity contribution in [3.05, 3.63) is 114 Å². The second kappa shape index (κ2) is 9.99. The quantitative estimate of drug-likeness (QED) is 0.254. The SMILES string of the molecule is COc1ccc2c(c1)cc(-c1ccccc1)n2Cc1cccc(C(=O)CS(=O)(=O)c2ccccc2F)n1. The van der Waals surface area contributed by atoms with E-state index >= 15 is 0 Å². The van der Waals surface area contributed by atoms with Gasteiger partial charge in [0.25, 0.3) is 0 Å². The fraction of sp³-hybridized carbons (Fsp3) is 0.103. The van der Waals surface area contributed by atoms with Crippen LogP contribution in [0.2, 0.25) is 0 Å². The molecule has 0 radical (unpaired) electrons. The van der Waals surface area contributed by atoms with E-state index in [1.165, 1.54) is 18.2 Å². The molecule has 0 spiro atoms. The van der Waals surface area contributed by atoms with Crippen LogP contribution in [0, 0.1) is 5.82 Å². The van der Waals surface area contributed by atoms with Gasteiger partial charge in [-0.1, -0.05) is 48.5 Å². The highest BCUT2D eigenvalue weighted by atomic mass is 32.2. The zero-order valence-corrected chi connectivity index (χ0v) is 20.8. The van der Waals surface area contributed by atoms with Gasteiger partial charge in [0.15, 0.2) is 15.6 Å². The van der Waals surface area contributed by atoms with Gasteiger partial charge in [0, 0.05) is 16.6 Å². The second-order valence-corrected chi connectivity index (χ2v) is 10.5. The molecule has 0 saturated heterocycles. The molecule has 37 heavy (non-hydrogen) atoms. The van der Waals surface area contributed by atoms with E-state index in [0.29, 0.717) is 12.2 Å². The number of rotatable bonds is 8. The first kappa shape index (κ1) is 24.4. The Morgan fingerprint density at radius 2 is 1.68 bits per heavy atom. The Labute approximate surface area is 213 Å². The summed E-state index contributed by atoms with van der Waals surface area (Å²) in [7, 11) is -2.54. The fourth-order valence-corrected chi connectivity index (χ4v) is 5.60. The number of nitrogens with zero attached hydrogens (tertiary/aromatic N) is 2. The van der Waals surface area contributed by atoms with E-state index in [2.05, 4.69) is 15.6 Å². The largest absolute Gasteiger partial charge is 0.497 e. The van der Waals surface area contributed by atoms with Gasteiger partial charge >= 0.3 is 0 Å². The summed E-state index contributed by atoms with van der Waals surface area (Å²) in [4.78, 5) is 16.9. The molecule has 0 saturated carbocycles. The number of ketones is 1. The lowest BCUT2D eigenvalue weighted by atomic mass is 10.1. The van der Waals surface area contributed by atoms with Crippen LogP contribution in [0.1, 0.15) is 16.2 Å². The second-order valence-electron chi connectivity index (χ2n) is 8.53. The van der Waals surface area contributed by atoms with Crippen molar-refractivity contribution >= 4 is 26.5 Å². The van der Waals surface area contributed by atoms with Crippen LogP contribution in [0.3, 0.4) is 0 Å². The van der Waals surface area contributed by atoms with E-state index in [-0.39, 0.29) is 5.69 Å². The van der Waals surface area contributed by atoms with Crippen LogP contribution in [0.25, 0.3) is 22.2 Å². The molecular weight excluding hydrogens is 491 g/mol. The molecule has 6 nitrogen and oxygen atoms in total. The number of sulfone groups is 1. The Morgan fingerprint density at radius 1 is 0.919 bits per heavy atom. The number of ether oxygens (including phenoxy) is 1. The molecule has 0 N–H and O–H groups in total. The molecule has 5 rings (SSSR count). The minimum atomic E-state index is -4.16. The van der Waals surface area contributed by atoms with Crippen molar-refractivity contribution < 1.29 is 22.3 Å². The minimum Gasteiger partial charge on any atom is -0.497 e. The third kappa shape index (κ3) is 5.01. The number of aromatic nitrogens is 2. The Bertz CT molecular complexity index is 1710. The van der Waals surface area contributed by atoms with E-state index in [1.54, 1.807) is 19.2 Å². The van der Waals surface area contributed by atoms with Crippen molar-refractivity contribution in [3.63, 3.8) is 0 Å². The first-order valence-corrected chi connectivity index (χ1v) is 13.2. The fourth-order valence-electron chi connectivity index (χ4n) is 4.30. The average molecular weight is 515 g/mol. The summed E-state index contributed by atoms with van der Waals surface area (Å²) in [6.07, 6.45) is 0. The molecular formula is C29H23FN2O4S. The summed E-state index contributed by atoms with van der Waals surface area (Å²) in [5.74, 6) is -1.71. The molecule has 0 aliphatic rings. The van der Waals surface area contributed by atoms with Gasteiger partial charge in [0.1, 0.15) is 27.9 Å². The van der Waals surface area contributed by atoms with Crippen molar-refractivity contribution in [1.82, 2.24) is 9.55 Å². The Kier molecular flexibility index (Phi) is 6.58. The van der Waals surface area contributed by atoms with Crippen LogP contribution in [-0.2, 0) is 16.4 Å². The lowest BCUT2D eigenvalue weighted by Gasteiger charge is -2.12. The van der Waals surface area contributed by atoms with Crippen molar-refractivity contribution in [1.29, 1.82) is 0 Å². The van der Waals surface area contributed by atoms with Crippen LogP contribution >= 0.6 is 0 Å². The first-order chi connectivity index (χ1) is 17.9. The zero-order chi connectivity index (χ0) is 26.0. The van der Waals surface area contributed by atoms with Gasteiger partial charge in [-0.2, -0.15) is 0 Å². The van der Waals surface area contributed by atoms with E-state index in [0.717, 1.165) is 40.0 Å². The summed E-state index contributed by atoms with van der Waals surface area (Å²) >= 11 is 0. The summed E-state index contributed by atoms with van der Waals surface area (Å²) < 4.78 is 46.9. The molecule has 0 fully saturated rings. The standard InChI is InChI=1S/C29H23FN2O4S/c1-36-23-14-15-26-21(16-23)17-27(20-8-3-2-4-9-20)32(26)18-22-10-7-12-25(31-22)28(33)19-37(34,35)29-13-6-5-11-24(29)30/h2-17H,18-19H2,1H3. The zero-order valence-electron chi connectivity index (χ0n) is 20.0. The molecule has 0 aliphatic carbocycles. The predicted octanol–water partition coefficient (Wildman–Crippen LogP) is 5.56. The number of Topliss-reactive ketones (excluding diaryl/α,β-unsaturated/α-hetero) is 1. The molecule has 5 aromatic rings. The molecule has 186 valence electrons. The summed E-state index contributed by atoms with van der Waals surface area (Å²) in [6.45, 7) is 0.348. The van der Waals surface area contributed by atoms with Crippen molar-refractivity contribution in [3.8, 4) is 17.0 Å². The van der Waals surface area contributed by atoms with E-state index < -0.39 is 32.1 Å². The van der Waals surface area contributed by atoms with Crippen molar-refractivity contribution in [2.24, 2.45) is 0 Å². The van der Waals surface area contributed by atoms with Gasteiger partial charge in [0.05, 0.1) is 19.3 Å². The van der Waals surface area contributed by atoms with Gasteiger partial charge in [-0.3, -0.25) is 4.79 Å². The van der Waals surface area contributed by atoms with Gasteiger partial charge < -0.3 is 9.30 Å². The normalized spacial score (nSPS) is 11.5. The smallest absolute Gasteiger partial charge is 0.196 e. The number of pyridine rings is 1. The number of halogens is 1. The first-order valence-electron chi connectivity index (χ1n) is 11.5. The number of carbonyl (C=O) groups is 1. The molecule has 8 heteroatoms. The number of fused-ring (bicyclic) bond motifs is 1. The highest BCUT2D eigenvalue weighted by molar-refractivity contribution is 7.92. The van der Waals surface area contributed by atoms with Gasteiger partial charge in [-0.15, -0.1) is 0 Å². The summed E-state index contributed by atoms with van der Waals surface area (Å²) in [5.41, 5.74) is 3.53. The van der Waals surface area contributed by atoms with Crippen LogP contribution in [0.15, 0.2) is 102 Å². The Morgan fingerprint density at radius 3 is 2.43 bits per heavy atom. The van der Waals surface area contributed by atoms with Gasteiger partial charge in [0.2, 0.25) is 0 Å². The molecule has 0 unspecified atom stereocenters. The monoisotopic (exact) mass is 514 g/mol. The van der Waals surface area contributed by atoms with E-state index in [4.69, 9.17) is 4.74 Å². The summed E-state index contributed by atoms with van der Waals surface area (Å²) in [6, 6.07) is 27.7. The van der Waals surface area contributed by atoms with Crippen LogP contribution in [-0.4, -0.2) is 36.6 Å². The molecule has 0 atom stereocenters. The molecule has 0 amide bonds. The van der Waals surface area contributed by atoms with Crippen LogP contribution < -0.4 is 4.74 Å².